The van der Waals surface area contributed by atoms with Gasteiger partial charge in [0.05, 0.1) is 4.70 Å². The summed E-state index contributed by atoms with van der Waals surface area (Å²) in [5, 5.41) is 13.4. The molecule has 6 nitrogen and oxygen atoms in total. The Labute approximate surface area is 218 Å². The Kier molecular flexibility index (Phi) is 10.1. The topological polar surface area (TPSA) is 85.4 Å². The third-order valence-electron chi connectivity index (χ3n) is 6.37. The highest BCUT2D eigenvalue weighted by Gasteiger charge is 2.20. The van der Waals surface area contributed by atoms with Gasteiger partial charge in [-0.3, -0.25) is 9.59 Å². The molecule has 1 heterocycles. The van der Waals surface area contributed by atoms with E-state index in [0.717, 1.165) is 66.9 Å². The van der Waals surface area contributed by atoms with Gasteiger partial charge in [0.2, 0.25) is 5.91 Å². The van der Waals surface area contributed by atoms with E-state index in [0.29, 0.717) is 24.4 Å². The molecule has 3 N–H and O–H groups in total. The molecule has 0 aliphatic carbocycles. The van der Waals surface area contributed by atoms with Gasteiger partial charge in [-0.25, -0.2) is 0 Å². The van der Waals surface area contributed by atoms with Gasteiger partial charge in [0.15, 0.2) is 0 Å². The fourth-order valence-corrected chi connectivity index (χ4v) is 5.40. The van der Waals surface area contributed by atoms with Crippen molar-refractivity contribution in [1.29, 1.82) is 0 Å². The van der Waals surface area contributed by atoms with E-state index < -0.39 is 0 Å². The lowest BCUT2D eigenvalue weighted by Crippen LogP contribution is -2.39. The van der Waals surface area contributed by atoms with Crippen molar-refractivity contribution < 1.29 is 9.90 Å². The standard InChI is InChI=1S/C29H41N3O3S/c1-21(22-11-7-5-8-12-22)19-30-17-16-25(34)32(20-29(2,3)4)18-10-6-9-13-23-14-15-24(33)26-27(23)36-28(35)31-26/h5,7-8,11-12,14-15,21,30,33H,6,9-10,13,16-20H2,1-4H3,(H,31,35)/t21-/m1/s1. The van der Waals surface area contributed by atoms with E-state index in [2.05, 4.69) is 62.3 Å². The smallest absolute Gasteiger partial charge is 0.305 e. The van der Waals surface area contributed by atoms with E-state index in [-0.39, 0.29) is 21.9 Å². The highest BCUT2D eigenvalue weighted by atomic mass is 32.1. The summed E-state index contributed by atoms with van der Waals surface area (Å²) in [6, 6.07) is 14.0. The summed E-state index contributed by atoms with van der Waals surface area (Å²) in [6.07, 6.45) is 4.28. The maximum absolute atomic E-state index is 13.0. The summed E-state index contributed by atoms with van der Waals surface area (Å²) in [5.41, 5.74) is 2.99. The number of H-pyrrole nitrogens is 1. The molecule has 0 spiro atoms. The molecule has 2 aromatic carbocycles. The molecule has 0 bridgehead atoms. The number of nitrogens with one attached hydrogen (secondary N) is 2. The highest BCUT2D eigenvalue weighted by molar-refractivity contribution is 7.16. The van der Waals surface area contributed by atoms with Gasteiger partial charge in [0, 0.05) is 32.6 Å². The van der Waals surface area contributed by atoms with Crippen LogP contribution in [0.25, 0.3) is 10.2 Å². The fourth-order valence-electron chi connectivity index (χ4n) is 4.50. The molecule has 36 heavy (non-hydrogen) atoms. The average Bonchev–Trinajstić information content (AvgIpc) is 3.24. The number of benzene rings is 2. The number of carbonyl (C=O) groups is 1. The zero-order valence-corrected chi connectivity index (χ0v) is 22.9. The van der Waals surface area contributed by atoms with Crippen LogP contribution in [0.5, 0.6) is 5.75 Å². The number of rotatable bonds is 13. The number of phenols is 1. The first-order chi connectivity index (χ1) is 17.1. The monoisotopic (exact) mass is 511 g/mol. The van der Waals surface area contributed by atoms with Gasteiger partial charge >= 0.3 is 4.87 Å². The van der Waals surface area contributed by atoms with Crippen molar-refractivity contribution in [2.24, 2.45) is 5.41 Å². The second-order valence-electron chi connectivity index (χ2n) is 10.9. The third-order valence-corrected chi connectivity index (χ3v) is 7.32. The van der Waals surface area contributed by atoms with Crippen LogP contribution in [0.1, 0.15) is 70.4 Å². The Morgan fingerprint density at radius 3 is 2.58 bits per heavy atom. The Hall–Kier alpha value is -2.64. The minimum absolute atomic E-state index is 0.0499. The number of aromatic amines is 1. The van der Waals surface area contributed by atoms with Crippen LogP contribution in [-0.4, -0.2) is 47.1 Å². The molecular formula is C29H41N3O3S. The van der Waals surface area contributed by atoms with Gasteiger partial charge in [-0.1, -0.05) is 81.9 Å². The molecule has 1 amide bonds. The van der Waals surface area contributed by atoms with Gasteiger partial charge < -0.3 is 20.3 Å². The van der Waals surface area contributed by atoms with E-state index in [1.54, 1.807) is 6.07 Å². The Morgan fingerprint density at radius 1 is 1.11 bits per heavy atom. The summed E-state index contributed by atoms with van der Waals surface area (Å²) in [6.45, 7) is 11.8. The second kappa shape index (κ2) is 13.1. The van der Waals surface area contributed by atoms with Crippen LogP contribution in [0, 0.1) is 5.41 Å². The molecule has 0 radical (unpaired) electrons. The number of amides is 1. The lowest BCUT2D eigenvalue weighted by Gasteiger charge is -2.30. The SMILES string of the molecule is C[C@H](CNCCC(=O)N(CCCCCc1ccc(O)c2[nH]c(=O)sc12)CC(C)(C)C)c1ccccc1. The lowest BCUT2D eigenvalue weighted by molar-refractivity contribution is -0.132. The van der Waals surface area contributed by atoms with E-state index in [1.165, 1.54) is 5.56 Å². The minimum Gasteiger partial charge on any atom is -0.506 e. The van der Waals surface area contributed by atoms with Gasteiger partial charge in [-0.05, 0) is 47.8 Å². The number of hydrogen-bond acceptors (Lipinski definition) is 5. The summed E-state index contributed by atoms with van der Waals surface area (Å²) >= 11 is 1.15. The molecule has 3 rings (SSSR count). The highest BCUT2D eigenvalue weighted by Crippen LogP contribution is 2.28. The van der Waals surface area contributed by atoms with Crippen molar-refractivity contribution in [3.8, 4) is 5.75 Å². The molecule has 0 saturated carbocycles. The first-order valence-electron chi connectivity index (χ1n) is 13.0. The van der Waals surface area contributed by atoms with E-state index in [1.807, 2.05) is 17.0 Å². The van der Waals surface area contributed by atoms with Gasteiger partial charge in [-0.2, -0.15) is 0 Å². The number of aryl methyl sites for hydroxylation is 1. The predicted molar refractivity (Wildman–Crippen MR) is 150 cm³/mol. The summed E-state index contributed by atoms with van der Waals surface area (Å²) in [5.74, 6) is 0.740. The molecule has 0 saturated heterocycles. The molecule has 0 fully saturated rings. The van der Waals surface area contributed by atoms with Crippen LogP contribution in [-0.2, 0) is 11.2 Å². The number of phenolic OH excluding ortho intramolecular Hbond substituents is 1. The molecule has 1 aromatic heterocycles. The number of carbonyl (C=O) groups excluding carboxylic acids is 1. The van der Waals surface area contributed by atoms with Gasteiger partial charge in [-0.15, -0.1) is 0 Å². The number of unbranched alkanes of at least 4 members (excludes halogenated alkanes) is 2. The molecule has 0 unspecified atom stereocenters. The Bertz CT molecular complexity index is 1160. The van der Waals surface area contributed by atoms with Crippen LogP contribution < -0.4 is 10.2 Å². The van der Waals surface area contributed by atoms with Gasteiger partial charge in [0.1, 0.15) is 11.3 Å². The fraction of sp³-hybridized carbons (Fsp3) is 0.517. The van der Waals surface area contributed by atoms with Crippen LogP contribution >= 0.6 is 11.3 Å². The first kappa shape index (κ1) is 27.9. The summed E-state index contributed by atoms with van der Waals surface area (Å²) in [4.78, 5) is 29.4. The number of fused-ring (bicyclic) bond motifs is 1. The largest absolute Gasteiger partial charge is 0.506 e. The van der Waals surface area contributed by atoms with Crippen molar-refractivity contribution in [1.82, 2.24) is 15.2 Å². The van der Waals surface area contributed by atoms with Crippen molar-refractivity contribution in [2.45, 2.75) is 65.7 Å². The molecule has 0 aliphatic rings. The number of aromatic hydroxyl groups is 1. The average molecular weight is 512 g/mol. The summed E-state index contributed by atoms with van der Waals surface area (Å²) in [7, 11) is 0. The zero-order valence-electron chi connectivity index (χ0n) is 22.1. The van der Waals surface area contributed by atoms with E-state index in [4.69, 9.17) is 0 Å². The molecule has 7 heteroatoms. The number of hydrogen-bond donors (Lipinski definition) is 3. The van der Waals surface area contributed by atoms with E-state index in [9.17, 15) is 14.7 Å². The Morgan fingerprint density at radius 2 is 1.86 bits per heavy atom. The van der Waals surface area contributed by atoms with Crippen LogP contribution in [0.4, 0.5) is 0 Å². The van der Waals surface area contributed by atoms with Crippen molar-refractivity contribution in [2.75, 3.05) is 26.2 Å². The molecule has 0 aliphatic heterocycles. The normalized spacial score (nSPS) is 12.7. The maximum Gasteiger partial charge on any atom is 0.305 e. The van der Waals surface area contributed by atoms with Crippen molar-refractivity contribution >= 4 is 27.5 Å². The lowest BCUT2D eigenvalue weighted by atomic mass is 9.95. The van der Waals surface area contributed by atoms with Crippen LogP contribution in [0.3, 0.4) is 0 Å². The quantitative estimate of drug-likeness (QED) is 0.258. The van der Waals surface area contributed by atoms with Crippen LogP contribution in [0.15, 0.2) is 47.3 Å². The van der Waals surface area contributed by atoms with Crippen molar-refractivity contribution in [3.63, 3.8) is 0 Å². The zero-order chi connectivity index (χ0) is 26.1. The maximum atomic E-state index is 13.0. The molecule has 196 valence electrons. The van der Waals surface area contributed by atoms with E-state index >= 15 is 0 Å². The predicted octanol–water partition coefficient (Wildman–Crippen LogP) is 5.67. The third kappa shape index (κ3) is 8.49. The first-order valence-corrected chi connectivity index (χ1v) is 13.8. The number of nitrogens with zero attached hydrogens (tertiary/aromatic N) is 1. The molecule has 1 atom stereocenters. The number of aromatic nitrogens is 1. The van der Waals surface area contributed by atoms with Crippen LogP contribution in [0.2, 0.25) is 0 Å². The minimum atomic E-state index is -0.145. The second-order valence-corrected chi connectivity index (χ2v) is 11.9. The molecule has 3 aromatic rings. The van der Waals surface area contributed by atoms with Crippen molar-refractivity contribution in [3.05, 3.63) is 63.3 Å². The Balaban J connectivity index is 1.43. The summed E-state index contributed by atoms with van der Waals surface area (Å²) < 4.78 is 0.846. The van der Waals surface area contributed by atoms with Gasteiger partial charge in [0.25, 0.3) is 0 Å². The number of thiazole rings is 1. The molecular weight excluding hydrogens is 470 g/mol.